The Labute approximate surface area is 132 Å². The molecular weight excluding hydrogens is 300 g/mol. The minimum Gasteiger partial charge on any atom is -0.315 e. The average Bonchev–Trinajstić information content (AvgIpc) is 2.69. The Morgan fingerprint density at radius 2 is 1.95 bits per heavy atom. The first kappa shape index (κ1) is 17.0. The van der Waals surface area contributed by atoms with Gasteiger partial charge in [-0.25, -0.2) is 13.1 Å². The Hall–Kier alpha value is -1.40. The van der Waals surface area contributed by atoms with Gasteiger partial charge in [0.25, 0.3) is 0 Å². The highest BCUT2D eigenvalue weighted by Gasteiger charge is 2.26. The Bertz CT molecular complexity index is 675. The van der Waals surface area contributed by atoms with E-state index in [1.807, 2.05) is 0 Å². The number of benzene rings is 1. The minimum atomic E-state index is -3.51. The van der Waals surface area contributed by atoms with Gasteiger partial charge in [-0.2, -0.15) is 0 Å². The number of rotatable bonds is 5. The summed E-state index contributed by atoms with van der Waals surface area (Å²) in [7, 11) is -1.81. The number of amides is 1. The molecule has 0 radical (unpaired) electrons. The molecule has 0 atom stereocenters. The first-order valence-electron chi connectivity index (χ1n) is 7.49. The van der Waals surface area contributed by atoms with Crippen LogP contribution in [0.1, 0.15) is 39.2 Å². The van der Waals surface area contributed by atoms with E-state index in [0.29, 0.717) is 6.54 Å². The molecule has 2 rings (SSSR count). The van der Waals surface area contributed by atoms with Crippen LogP contribution in [-0.2, 0) is 21.2 Å². The van der Waals surface area contributed by atoms with Crippen molar-refractivity contribution in [2.24, 2.45) is 5.41 Å². The van der Waals surface area contributed by atoms with Crippen molar-refractivity contribution in [1.82, 2.24) is 4.72 Å². The van der Waals surface area contributed by atoms with Gasteiger partial charge in [0.2, 0.25) is 15.9 Å². The minimum absolute atomic E-state index is 0.0114. The maximum atomic E-state index is 12.3. The second-order valence-corrected chi connectivity index (χ2v) is 8.75. The molecule has 0 aromatic heterocycles. The first-order chi connectivity index (χ1) is 10.1. The van der Waals surface area contributed by atoms with E-state index in [-0.39, 0.29) is 22.6 Å². The fourth-order valence-electron chi connectivity index (χ4n) is 2.52. The SMILES string of the molecule is CN1C(=O)Cc2cc(S(=O)(=O)NCCCC(C)(C)C)ccc21. The number of fused-ring (bicyclic) bond motifs is 1. The molecule has 1 aliphatic heterocycles. The molecule has 1 aromatic rings. The second kappa shape index (κ2) is 6.01. The highest BCUT2D eigenvalue weighted by atomic mass is 32.2. The molecule has 1 N–H and O–H groups in total. The molecule has 0 saturated heterocycles. The topological polar surface area (TPSA) is 66.5 Å². The van der Waals surface area contributed by atoms with E-state index in [0.717, 1.165) is 24.1 Å². The van der Waals surface area contributed by atoms with E-state index in [1.54, 1.807) is 30.1 Å². The second-order valence-electron chi connectivity index (χ2n) is 6.98. The summed E-state index contributed by atoms with van der Waals surface area (Å²) in [5.41, 5.74) is 1.76. The molecule has 122 valence electrons. The molecule has 0 fully saturated rings. The van der Waals surface area contributed by atoms with Gasteiger partial charge in [0.05, 0.1) is 11.3 Å². The lowest BCUT2D eigenvalue weighted by Crippen LogP contribution is -2.25. The highest BCUT2D eigenvalue weighted by molar-refractivity contribution is 7.89. The van der Waals surface area contributed by atoms with Crippen LogP contribution in [0.5, 0.6) is 0 Å². The van der Waals surface area contributed by atoms with Crippen molar-refractivity contribution in [3.05, 3.63) is 23.8 Å². The van der Waals surface area contributed by atoms with E-state index < -0.39 is 10.0 Å². The van der Waals surface area contributed by atoms with Gasteiger partial charge in [0.1, 0.15) is 0 Å². The molecule has 0 aliphatic carbocycles. The predicted octanol–water partition coefficient (Wildman–Crippen LogP) is 2.31. The number of sulfonamides is 1. The van der Waals surface area contributed by atoms with Crippen molar-refractivity contribution in [3.8, 4) is 0 Å². The number of anilines is 1. The molecule has 22 heavy (non-hydrogen) atoms. The molecular formula is C16H24N2O3S. The van der Waals surface area contributed by atoms with Crippen molar-refractivity contribution >= 4 is 21.6 Å². The largest absolute Gasteiger partial charge is 0.315 e. The molecule has 0 unspecified atom stereocenters. The third-order valence-electron chi connectivity index (χ3n) is 3.83. The van der Waals surface area contributed by atoms with Crippen molar-refractivity contribution in [1.29, 1.82) is 0 Å². The van der Waals surface area contributed by atoms with Crippen molar-refractivity contribution in [2.75, 3.05) is 18.5 Å². The maximum Gasteiger partial charge on any atom is 0.240 e. The monoisotopic (exact) mass is 324 g/mol. The van der Waals surface area contributed by atoms with E-state index in [2.05, 4.69) is 25.5 Å². The van der Waals surface area contributed by atoms with Crippen LogP contribution in [0.25, 0.3) is 0 Å². The Morgan fingerprint density at radius 3 is 2.59 bits per heavy atom. The van der Waals surface area contributed by atoms with Crippen LogP contribution in [-0.4, -0.2) is 27.9 Å². The standard InChI is InChI=1S/C16H24N2O3S/c1-16(2,3)8-5-9-17-22(20,21)13-6-7-14-12(10-13)11-15(19)18(14)4/h6-7,10,17H,5,8-9,11H2,1-4H3. The van der Waals surface area contributed by atoms with Crippen LogP contribution in [0.3, 0.4) is 0 Å². The zero-order valence-electron chi connectivity index (χ0n) is 13.6. The lowest BCUT2D eigenvalue weighted by molar-refractivity contribution is -0.117. The van der Waals surface area contributed by atoms with E-state index in [9.17, 15) is 13.2 Å². The van der Waals surface area contributed by atoms with E-state index in [1.165, 1.54) is 0 Å². The van der Waals surface area contributed by atoms with Gasteiger partial charge in [0.15, 0.2) is 0 Å². The highest BCUT2D eigenvalue weighted by Crippen LogP contribution is 2.29. The molecule has 0 spiro atoms. The van der Waals surface area contributed by atoms with Gasteiger partial charge in [0, 0.05) is 19.3 Å². The van der Waals surface area contributed by atoms with Gasteiger partial charge in [-0.15, -0.1) is 0 Å². The quantitative estimate of drug-likeness (QED) is 0.845. The van der Waals surface area contributed by atoms with Crippen molar-refractivity contribution in [2.45, 2.75) is 44.9 Å². The van der Waals surface area contributed by atoms with Crippen molar-refractivity contribution < 1.29 is 13.2 Å². The summed E-state index contributed by atoms with van der Waals surface area (Å²) in [4.78, 5) is 13.4. The van der Waals surface area contributed by atoms with Gasteiger partial charge < -0.3 is 4.90 Å². The van der Waals surface area contributed by atoms with Gasteiger partial charge in [-0.3, -0.25) is 4.79 Å². The fraction of sp³-hybridized carbons (Fsp3) is 0.562. The summed E-state index contributed by atoms with van der Waals surface area (Å²) in [5, 5.41) is 0. The predicted molar refractivity (Wildman–Crippen MR) is 87.4 cm³/mol. The average molecular weight is 324 g/mol. The van der Waals surface area contributed by atoms with Gasteiger partial charge in [-0.1, -0.05) is 20.8 Å². The summed E-state index contributed by atoms with van der Waals surface area (Å²) < 4.78 is 27.3. The van der Waals surface area contributed by atoms with Crippen LogP contribution in [0.4, 0.5) is 5.69 Å². The summed E-state index contributed by atoms with van der Waals surface area (Å²) in [5.74, 6) is -0.0114. The number of carbonyl (C=O) groups is 1. The number of nitrogens with one attached hydrogen (secondary N) is 1. The third kappa shape index (κ3) is 3.87. The molecule has 6 heteroatoms. The fourth-order valence-corrected chi connectivity index (χ4v) is 3.65. The summed E-state index contributed by atoms with van der Waals surface area (Å²) >= 11 is 0. The Morgan fingerprint density at radius 1 is 1.27 bits per heavy atom. The van der Waals surface area contributed by atoms with Gasteiger partial charge >= 0.3 is 0 Å². The summed E-state index contributed by atoms with van der Waals surface area (Å²) in [6.07, 6.45) is 2.02. The summed E-state index contributed by atoms with van der Waals surface area (Å²) in [6, 6.07) is 4.85. The zero-order chi connectivity index (χ0) is 16.5. The molecule has 1 aliphatic rings. The van der Waals surface area contributed by atoms with Crippen LogP contribution in [0, 0.1) is 5.41 Å². The molecule has 1 amide bonds. The Balaban J connectivity index is 2.05. The lowest BCUT2D eigenvalue weighted by atomic mass is 9.91. The van der Waals surface area contributed by atoms with Crippen molar-refractivity contribution in [3.63, 3.8) is 0 Å². The van der Waals surface area contributed by atoms with E-state index >= 15 is 0 Å². The van der Waals surface area contributed by atoms with Crippen LogP contribution < -0.4 is 9.62 Å². The van der Waals surface area contributed by atoms with Crippen LogP contribution in [0.15, 0.2) is 23.1 Å². The lowest BCUT2D eigenvalue weighted by Gasteiger charge is -2.17. The molecule has 0 saturated carbocycles. The third-order valence-corrected chi connectivity index (χ3v) is 5.29. The van der Waals surface area contributed by atoms with Crippen LogP contribution in [0.2, 0.25) is 0 Å². The molecule has 1 heterocycles. The number of nitrogens with zero attached hydrogens (tertiary/aromatic N) is 1. The zero-order valence-corrected chi connectivity index (χ0v) is 14.5. The molecule has 5 nitrogen and oxygen atoms in total. The first-order valence-corrected chi connectivity index (χ1v) is 8.98. The number of carbonyl (C=O) groups excluding carboxylic acids is 1. The summed E-state index contributed by atoms with van der Waals surface area (Å²) in [6.45, 7) is 6.83. The van der Waals surface area contributed by atoms with Gasteiger partial charge in [-0.05, 0) is 42.0 Å². The van der Waals surface area contributed by atoms with Crippen LogP contribution >= 0.6 is 0 Å². The normalized spacial score (nSPS) is 15.3. The number of hydrogen-bond donors (Lipinski definition) is 1. The van der Waals surface area contributed by atoms with E-state index in [4.69, 9.17) is 0 Å². The Kier molecular flexibility index (Phi) is 4.63. The smallest absolute Gasteiger partial charge is 0.240 e. The molecule has 1 aromatic carbocycles. The maximum absolute atomic E-state index is 12.3. The molecule has 0 bridgehead atoms. The number of likely N-dealkylation sites (N-methyl/N-ethyl adjacent to an activating group) is 1. The number of hydrogen-bond acceptors (Lipinski definition) is 3.